The second-order valence-corrected chi connectivity index (χ2v) is 4.28. The van der Waals surface area contributed by atoms with Crippen LogP contribution in [-0.4, -0.2) is 19.6 Å². The van der Waals surface area contributed by atoms with Crippen LogP contribution in [0.2, 0.25) is 0 Å². The van der Waals surface area contributed by atoms with Crippen LogP contribution in [0.25, 0.3) is 0 Å². The summed E-state index contributed by atoms with van der Waals surface area (Å²) >= 11 is 0. The first-order valence-corrected chi connectivity index (χ1v) is 6.40. The lowest BCUT2D eigenvalue weighted by molar-refractivity contribution is 0.0601. The molecule has 0 radical (unpaired) electrons. The van der Waals surface area contributed by atoms with E-state index < -0.39 is 0 Å². The lowest BCUT2D eigenvalue weighted by Crippen LogP contribution is -2.07. The number of nitrogens with two attached hydrogens (primary N) is 1. The molecule has 0 spiro atoms. The zero-order chi connectivity index (χ0) is 13.4. The summed E-state index contributed by atoms with van der Waals surface area (Å²) in [5.74, 6) is -0.365. The SMILES string of the molecule is CCCCCCNc1ccc(C(=O)OC)cc1N. The molecule has 100 valence electrons. The molecule has 1 aromatic rings. The van der Waals surface area contributed by atoms with Gasteiger partial charge in [0.25, 0.3) is 0 Å². The Hall–Kier alpha value is -1.71. The third-order valence-electron chi connectivity index (χ3n) is 2.82. The van der Waals surface area contributed by atoms with E-state index in [0.29, 0.717) is 11.3 Å². The van der Waals surface area contributed by atoms with Gasteiger partial charge in [0.05, 0.1) is 24.0 Å². The topological polar surface area (TPSA) is 64.3 Å². The van der Waals surface area contributed by atoms with Gasteiger partial charge in [0.1, 0.15) is 0 Å². The number of esters is 1. The van der Waals surface area contributed by atoms with Crippen molar-refractivity contribution in [1.29, 1.82) is 0 Å². The zero-order valence-corrected chi connectivity index (χ0v) is 11.2. The van der Waals surface area contributed by atoms with Gasteiger partial charge in [0, 0.05) is 6.54 Å². The number of nitrogen functional groups attached to an aromatic ring is 1. The van der Waals surface area contributed by atoms with Crippen molar-refractivity contribution in [2.24, 2.45) is 0 Å². The van der Waals surface area contributed by atoms with Crippen molar-refractivity contribution < 1.29 is 9.53 Å². The molecule has 1 aromatic carbocycles. The molecule has 0 unspecified atom stereocenters. The van der Waals surface area contributed by atoms with Crippen molar-refractivity contribution >= 4 is 17.3 Å². The van der Waals surface area contributed by atoms with Gasteiger partial charge in [-0.2, -0.15) is 0 Å². The summed E-state index contributed by atoms with van der Waals surface area (Å²) in [6, 6.07) is 5.18. The summed E-state index contributed by atoms with van der Waals surface area (Å²) < 4.78 is 4.64. The molecule has 3 N–H and O–H groups in total. The number of rotatable bonds is 7. The average molecular weight is 250 g/mol. The first-order valence-electron chi connectivity index (χ1n) is 6.40. The van der Waals surface area contributed by atoms with Crippen LogP contribution in [0, 0.1) is 0 Å². The molecule has 0 fully saturated rings. The molecule has 0 aliphatic heterocycles. The fraction of sp³-hybridized carbons (Fsp3) is 0.500. The molecule has 0 saturated heterocycles. The van der Waals surface area contributed by atoms with Crippen LogP contribution in [0.1, 0.15) is 43.0 Å². The minimum Gasteiger partial charge on any atom is -0.465 e. The van der Waals surface area contributed by atoms with Crippen LogP contribution in [0.3, 0.4) is 0 Å². The fourth-order valence-electron chi connectivity index (χ4n) is 1.74. The van der Waals surface area contributed by atoms with E-state index in [1.165, 1.54) is 26.4 Å². The highest BCUT2D eigenvalue weighted by molar-refractivity contribution is 5.91. The maximum absolute atomic E-state index is 11.3. The van der Waals surface area contributed by atoms with E-state index >= 15 is 0 Å². The first kappa shape index (κ1) is 14.4. The molecule has 0 aliphatic rings. The van der Waals surface area contributed by atoms with Crippen LogP contribution < -0.4 is 11.1 Å². The number of unbranched alkanes of at least 4 members (excludes halogenated alkanes) is 3. The summed E-state index contributed by atoms with van der Waals surface area (Å²) in [6.07, 6.45) is 4.85. The van der Waals surface area contributed by atoms with Gasteiger partial charge in [-0.15, -0.1) is 0 Å². The molecule has 4 nitrogen and oxygen atoms in total. The normalized spacial score (nSPS) is 10.1. The standard InChI is InChI=1S/C14H22N2O2/c1-3-4-5-6-9-16-13-8-7-11(10-12(13)15)14(17)18-2/h7-8,10,16H,3-6,9,15H2,1-2H3. The van der Waals surface area contributed by atoms with Gasteiger partial charge in [0.2, 0.25) is 0 Å². The van der Waals surface area contributed by atoms with E-state index in [0.717, 1.165) is 18.7 Å². The largest absolute Gasteiger partial charge is 0.465 e. The number of hydrogen-bond acceptors (Lipinski definition) is 4. The predicted octanol–water partition coefficient (Wildman–Crippen LogP) is 3.05. The molecule has 0 amide bonds. The Morgan fingerprint density at radius 2 is 2.11 bits per heavy atom. The van der Waals surface area contributed by atoms with Crippen LogP contribution in [-0.2, 0) is 4.74 Å². The molecule has 0 saturated carbocycles. The predicted molar refractivity (Wildman–Crippen MR) is 74.8 cm³/mol. The third-order valence-corrected chi connectivity index (χ3v) is 2.82. The number of carbonyl (C=O) groups excluding carboxylic acids is 1. The number of anilines is 2. The highest BCUT2D eigenvalue weighted by Gasteiger charge is 2.07. The van der Waals surface area contributed by atoms with Gasteiger partial charge in [-0.3, -0.25) is 0 Å². The number of hydrogen-bond donors (Lipinski definition) is 2. The maximum atomic E-state index is 11.3. The molecular formula is C14H22N2O2. The second kappa shape index (κ2) is 7.58. The van der Waals surface area contributed by atoms with Crippen molar-refractivity contribution in [3.8, 4) is 0 Å². The van der Waals surface area contributed by atoms with Crippen LogP contribution in [0.4, 0.5) is 11.4 Å². The van der Waals surface area contributed by atoms with Gasteiger partial charge in [-0.1, -0.05) is 26.2 Å². The molecule has 4 heteroatoms. The van der Waals surface area contributed by atoms with Gasteiger partial charge in [-0.25, -0.2) is 4.79 Å². The summed E-state index contributed by atoms with van der Waals surface area (Å²) in [5, 5.41) is 3.28. The van der Waals surface area contributed by atoms with Crippen molar-refractivity contribution in [2.75, 3.05) is 24.7 Å². The van der Waals surface area contributed by atoms with E-state index in [4.69, 9.17) is 5.73 Å². The van der Waals surface area contributed by atoms with Gasteiger partial charge in [-0.05, 0) is 24.6 Å². The van der Waals surface area contributed by atoms with Crippen LogP contribution in [0.15, 0.2) is 18.2 Å². The quantitative estimate of drug-likeness (QED) is 0.443. The smallest absolute Gasteiger partial charge is 0.337 e. The third kappa shape index (κ3) is 4.28. The van der Waals surface area contributed by atoms with Crippen molar-refractivity contribution in [3.63, 3.8) is 0 Å². The van der Waals surface area contributed by atoms with Gasteiger partial charge >= 0.3 is 5.97 Å². The lowest BCUT2D eigenvalue weighted by atomic mass is 10.1. The van der Waals surface area contributed by atoms with E-state index in [-0.39, 0.29) is 5.97 Å². The van der Waals surface area contributed by atoms with Crippen LogP contribution in [0.5, 0.6) is 0 Å². The lowest BCUT2D eigenvalue weighted by Gasteiger charge is -2.10. The van der Waals surface area contributed by atoms with Gasteiger partial charge < -0.3 is 15.8 Å². The molecule has 0 bridgehead atoms. The molecule has 1 rings (SSSR count). The summed E-state index contributed by atoms with van der Waals surface area (Å²) in [7, 11) is 1.36. The minimum atomic E-state index is -0.365. The molecule has 18 heavy (non-hydrogen) atoms. The summed E-state index contributed by atoms with van der Waals surface area (Å²) in [4.78, 5) is 11.3. The Kier molecular flexibility index (Phi) is 6.05. The van der Waals surface area contributed by atoms with Crippen molar-refractivity contribution in [3.05, 3.63) is 23.8 Å². The van der Waals surface area contributed by atoms with E-state index in [9.17, 15) is 4.79 Å². The van der Waals surface area contributed by atoms with Crippen LogP contribution >= 0.6 is 0 Å². The Morgan fingerprint density at radius 1 is 1.33 bits per heavy atom. The number of ether oxygens (including phenoxy) is 1. The molecule has 0 heterocycles. The Morgan fingerprint density at radius 3 is 2.72 bits per heavy atom. The zero-order valence-electron chi connectivity index (χ0n) is 11.2. The molecular weight excluding hydrogens is 228 g/mol. The molecule has 0 aromatic heterocycles. The van der Waals surface area contributed by atoms with E-state index in [1.54, 1.807) is 12.1 Å². The highest BCUT2D eigenvalue weighted by Crippen LogP contribution is 2.20. The Bertz CT molecular complexity index is 391. The van der Waals surface area contributed by atoms with E-state index in [1.807, 2.05) is 6.07 Å². The number of benzene rings is 1. The maximum Gasteiger partial charge on any atom is 0.337 e. The first-order chi connectivity index (χ1) is 8.69. The van der Waals surface area contributed by atoms with Crippen molar-refractivity contribution in [1.82, 2.24) is 0 Å². The molecule has 0 aliphatic carbocycles. The summed E-state index contributed by atoms with van der Waals surface area (Å²) in [6.45, 7) is 3.10. The number of methoxy groups -OCH3 is 1. The van der Waals surface area contributed by atoms with Crippen molar-refractivity contribution in [2.45, 2.75) is 32.6 Å². The Labute approximate surface area is 109 Å². The highest BCUT2D eigenvalue weighted by atomic mass is 16.5. The van der Waals surface area contributed by atoms with Gasteiger partial charge in [0.15, 0.2) is 0 Å². The fourth-order valence-corrected chi connectivity index (χ4v) is 1.74. The number of nitrogens with one attached hydrogen (secondary N) is 1. The minimum absolute atomic E-state index is 0.365. The average Bonchev–Trinajstić information content (AvgIpc) is 2.39. The summed E-state index contributed by atoms with van der Waals surface area (Å²) in [5.41, 5.74) is 7.81. The monoisotopic (exact) mass is 250 g/mol. The molecule has 0 atom stereocenters. The van der Waals surface area contributed by atoms with E-state index in [2.05, 4.69) is 17.0 Å². The second-order valence-electron chi connectivity index (χ2n) is 4.28. The number of carbonyl (C=O) groups is 1. The Balaban J connectivity index is 2.49.